The van der Waals surface area contributed by atoms with Crippen LogP contribution in [0, 0.1) is 0 Å². The van der Waals surface area contributed by atoms with E-state index in [1.54, 1.807) is 11.0 Å². The van der Waals surface area contributed by atoms with Gasteiger partial charge >= 0.3 is 0 Å². The summed E-state index contributed by atoms with van der Waals surface area (Å²) < 4.78 is 17.0. The Kier molecular flexibility index (Phi) is 4.64. The van der Waals surface area contributed by atoms with Gasteiger partial charge in [-0.25, -0.2) is 0 Å². The SMILES string of the molecule is CCN(Cc1ccc2c(c1)OCCO2)C(=O)[C@H]1Cc2cc(Cl)ccc2O1. The summed E-state index contributed by atoms with van der Waals surface area (Å²) in [7, 11) is 0. The summed E-state index contributed by atoms with van der Waals surface area (Å²) in [5, 5.41) is 0.657. The maximum absolute atomic E-state index is 12.9. The average Bonchev–Trinajstić information content (AvgIpc) is 3.08. The van der Waals surface area contributed by atoms with Crippen molar-refractivity contribution in [2.75, 3.05) is 19.8 Å². The zero-order valence-electron chi connectivity index (χ0n) is 14.5. The fourth-order valence-corrected chi connectivity index (χ4v) is 3.51. The number of rotatable bonds is 4. The molecule has 2 aliphatic heterocycles. The first kappa shape index (κ1) is 17.0. The quantitative estimate of drug-likeness (QED) is 0.823. The highest BCUT2D eigenvalue weighted by Crippen LogP contribution is 2.33. The summed E-state index contributed by atoms with van der Waals surface area (Å²) in [5.74, 6) is 2.20. The summed E-state index contributed by atoms with van der Waals surface area (Å²) in [5.41, 5.74) is 1.98. The molecule has 0 fully saturated rings. The van der Waals surface area contributed by atoms with E-state index in [1.165, 1.54) is 0 Å². The molecular weight excluding hydrogens is 354 g/mol. The Hall–Kier alpha value is -2.40. The molecule has 0 aromatic heterocycles. The lowest BCUT2D eigenvalue weighted by Gasteiger charge is -2.25. The molecule has 0 radical (unpaired) electrons. The molecule has 26 heavy (non-hydrogen) atoms. The van der Waals surface area contributed by atoms with Crippen LogP contribution in [0.5, 0.6) is 17.2 Å². The van der Waals surface area contributed by atoms with E-state index in [1.807, 2.05) is 37.3 Å². The normalized spacial score (nSPS) is 17.4. The second kappa shape index (κ2) is 7.08. The van der Waals surface area contributed by atoms with Crippen molar-refractivity contribution in [1.29, 1.82) is 0 Å². The third-order valence-electron chi connectivity index (χ3n) is 4.65. The van der Waals surface area contributed by atoms with Crippen LogP contribution in [0.4, 0.5) is 0 Å². The lowest BCUT2D eigenvalue weighted by atomic mass is 10.1. The van der Waals surface area contributed by atoms with Gasteiger partial charge in [0.05, 0.1) is 0 Å². The predicted octanol–water partition coefficient (Wildman–Crippen LogP) is 3.46. The fraction of sp³-hybridized carbons (Fsp3) is 0.350. The zero-order valence-corrected chi connectivity index (χ0v) is 15.3. The van der Waals surface area contributed by atoms with E-state index in [-0.39, 0.29) is 5.91 Å². The van der Waals surface area contributed by atoms with Gasteiger partial charge in [0.2, 0.25) is 0 Å². The van der Waals surface area contributed by atoms with Gasteiger partial charge in [0.25, 0.3) is 5.91 Å². The van der Waals surface area contributed by atoms with Gasteiger partial charge < -0.3 is 19.1 Å². The Morgan fingerprint density at radius 2 is 1.88 bits per heavy atom. The van der Waals surface area contributed by atoms with Crippen LogP contribution in [0.25, 0.3) is 0 Å². The Balaban J connectivity index is 1.47. The second-order valence-electron chi connectivity index (χ2n) is 6.39. The van der Waals surface area contributed by atoms with Gasteiger partial charge in [-0.1, -0.05) is 17.7 Å². The molecule has 0 N–H and O–H groups in total. The molecular formula is C20H20ClNO4. The third-order valence-corrected chi connectivity index (χ3v) is 4.88. The van der Waals surface area contributed by atoms with Crippen molar-refractivity contribution in [2.24, 2.45) is 0 Å². The summed E-state index contributed by atoms with van der Waals surface area (Å²) in [6.45, 7) is 4.18. The number of carbonyl (C=O) groups is 1. The number of halogens is 1. The largest absolute Gasteiger partial charge is 0.486 e. The lowest BCUT2D eigenvalue weighted by Crippen LogP contribution is -2.40. The molecule has 6 heteroatoms. The molecule has 2 aromatic carbocycles. The smallest absolute Gasteiger partial charge is 0.264 e. The molecule has 0 saturated carbocycles. The van der Waals surface area contributed by atoms with Crippen LogP contribution in [0.2, 0.25) is 5.02 Å². The first-order valence-corrected chi connectivity index (χ1v) is 9.14. The highest BCUT2D eigenvalue weighted by atomic mass is 35.5. The Morgan fingerprint density at radius 1 is 1.12 bits per heavy atom. The molecule has 2 aromatic rings. The van der Waals surface area contributed by atoms with E-state index in [9.17, 15) is 4.79 Å². The van der Waals surface area contributed by atoms with E-state index in [2.05, 4.69) is 0 Å². The Bertz CT molecular complexity index is 839. The van der Waals surface area contributed by atoms with Crippen LogP contribution in [0.15, 0.2) is 36.4 Å². The summed E-state index contributed by atoms with van der Waals surface area (Å²) in [6, 6.07) is 11.3. The lowest BCUT2D eigenvalue weighted by molar-refractivity contribution is -0.138. The van der Waals surface area contributed by atoms with Gasteiger partial charge in [-0.2, -0.15) is 0 Å². The highest BCUT2D eigenvalue weighted by molar-refractivity contribution is 6.30. The molecule has 2 aliphatic rings. The Morgan fingerprint density at radius 3 is 2.69 bits per heavy atom. The molecule has 0 saturated heterocycles. The molecule has 136 valence electrons. The number of hydrogen-bond donors (Lipinski definition) is 0. The van der Waals surface area contributed by atoms with Crippen LogP contribution in [-0.2, 0) is 17.8 Å². The van der Waals surface area contributed by atoms with Crippen molar-refractivity contribution in [3.8, 4) is 17.2 Å². The van der Waals surface area contributed by atoms with Gasteiger partial charge in [0, 0.05) is 24.5 Å². The van der Waals surface area contributed by atoms with Gasteiger partial charge in [-0.3, -0.25) is 4.79 Å². The molecule has 1 amide bonds. The average molecular weight is 374 g/mol. The standard InChI is InChI=1S/C20H20ClNO4/c1-2-22(12-13-3-5-17-18(9-13)25-8-7-24-17)20(23)19-11-14-10-15(21)4-6-16(14)26-19/h3-6,9-10,19H,2,7-8,11-12H2,1H3/t19-/m1/s1. The maximum Gasteiger partial charge on any atom is 0.264 e. The van der Waals surface area contributed by atoms with Crippen molar-refractivity contribution < 1.29 is 19.0 Å². The zero-order chi connectivity index (χ0) is 18.1. The van der Waals surface area contributed by atoms with E-state index in [0.717, 1.165) is 28.4 Å². The number of ether oxygens (including phenoxy) is 3. The van der Waals surface area contributed by atoms with Crippen LogP contribution >= 0.6 is 11.6 Å². The number of amides is 1. The first-order valence-electron chi connectivity index (χ1n) is 8.76. The summed E-state index contributed by atoms with van der Waals surface area (Å²) in [6.07, 6.45) is 0.0486. The molecule has 0 bridgehead atoms. The first-order chi connectivity index (χ1) is 12.6. The number of likely N-dealkylation sites (N-methyl/N-ethyl adjacent to an activating group) is 1. The fourth-order valence-electron chi connectivity index (χ4n) is 3.31. The number of hydrogen-bond acceptors (Lipinski definition) is 4. The predicted molar refractivity (Wildman–Crippen MR) is 98.1 cm³/mol. The second-order valence-corrected chi connectivity index (χ2v) is 6.83. The van der Waals surface area contributed by atoms with E-state index in [0.29, 0.717) is 37.7 Å². The molecule has 0 unspecified atom stereocenters. The topological polar surface area (TPSA) is 48.0 Å². The monoisotopic (exact) mass is 373 g/mol. The van der Waals surface area contributed by atoms with Gasteiger partial charge in [0.15, 0.2) is 17.6 Å². The van der Waals surface area contributed by atoms with Crippen molar-refractivity contribution in [3.05, 3.63) is 52.5 Å². The number of carbonyl (C=O) groups excluding carboxylic acids is 1. The highest BCUT2D eigenvalue weighted by Gasteiger charge is 2.32. The van der Waals surface area contributed by atoms with Crippen LogP contribution in [-0.4, -0.2) is 36.7 Å². The van der Waals surface area contributed by atoms with Crippen molar-refractivity contribution >= 4 is 17.5 Å². The number of fused-ring (bicyclic) bond motifs is 2. The van der Waals surface area contributed by atoms with Crippen LogP contribution in [0.1, 0.15) is 18.1 Å². The minimum atomic E-state index is -0.499. The summed E-state index contributed by atoms with van der Waals surface area (Å²) >= 11 is 6.03. The number of benzene rings is 2. The molecule has 4 rings (SSSR count). The number of nitrogens with zero attached hydrogens (tertiary/aromatic N) is 1. The van der Waals surface area contributed by atoms with Gasteiger partial charge in [0.1, 0.15) is 19.0 Å². The Labute approximate surface area is 157 Å². The summed E-state index contributed by atoms with van der Waals surface area (Å²) in [4.78, 5) is 14.7. The van der Waals surface area contributed by atoms with Crippen molar-refractivity contribution in [1.82, 2.24) is 4.90 Å². The molecule has 5 nitrogen and oxygen atoms in total. The molecule has 2 heterocycles. The van der Waals surface area contributed by atoms with E-state index >= 15 is 0 Å². The van der Waals surface area contributed by atoms with Crippen LogP contribution < -0.4 is 14.2 Å². The van der Waals surface area contributed by atoms with Crippen molar-refractivity contribution in [2.45, 2.75) is 26.0 Å². The third kappa shape index (κ3) is 3.31. The minimum absolute atomic E-state index is 0.0188. The maximum atomic E-state index is 12.9. The van der Waals surface area contributed by atoms with Gasteiger partial charge in [-0.05, 0) is 48.4 Å². The molecule has 0 aliphatic carbocycles. The van der Waals surface area contributed by atoms with Crippen molar-refractivity contribution in [3.63, 3.8) is 0 Å². The molecule has 1 atom stereocenters. The van der Waals surface area contributed by atoms with Gasteiger partial charge in [-0.15, -0.1) is 0 Å². The minimum Gasteiger partial charge on any atom is -0.486 e. The van der Waals surface area contributed by atoms with E-state index in [4.69, 9.17) is 25.8 Å². The van der Waals surface area contributed by atoms with Crippen LogP contribution in [0.3, 0.4) is 0 Å². The van der Waals surface area contributed by atoms with E-state index < -0.39 is 6.10 Å². The molecule has 0 spiro atoms.